The van der Waals surface area contributed by atoms with Gasteiger partial charge in [-0.05, 0) is 12.8 Å². The Morgan fingerprint density at radius 1 is 1.17 bits per heavy atom. The van der Waals surface area contributed by atoms with Gasteiger partial charge in [-0.25, -0.2) is 0 Å². The van der Waals surface area contributed by atoms with Crippen molar-refractivity contribution < 1.29 is 9.46 Å². The van der Waals surface area contributed by atoms with Crippen molar-refractivity contribution in [3.8, 4) is 0 Å². The molecule has 0 bridgehead atoms. The van der Waals surface area contributed by atoms with Gasteiger partial charge in [0.2, 0.25) is 7.37 Å². The van der Waals surface area contributed by atoms with E-state index in [-0.39, 0.29) is 28.3 Å². The van der Waals surface area contributed by atoms with Crippen LogP contribution in [0.4, 0.5) is 0 Å². The van der Waals surface area contributed by atoms with Crippen LogP contribution in [0.2, 0.25) is 0 Å². The smallest absolute Gasteiger partial charge is 0.206 e. The minimum atomic E-state index is -2.87. The summed E-state index contributed by atoms with van der Waals surface area (Å²) in [5.41, 5.74) is -0.0881. The zero-order valence-electron chi connectivity index (χ0n) is 8.28. The standard InChI is InChI=1S/C8H19O2P.BrH/c1-5-7(3)11(9,10)8(4)6-2;/h7-8H,5-6H2,1-4H3,(H,9,10);1H. The van der Waals surface area contributed by atoms with E-state index in [9.17, 15) is 9.46 Å². The normalized spacial score (nSPS) is 20.4. The van der Waals surface area contributed by atoms with Crippen LogP contribution in [0.25, 0.3) is 0 Å². The molecule has 0 aliphatic carbocycles. The highest BCUT2D eigenvalue weighted by Crippen LogP contribution is 2.53. The first-order chi connectivity index (χ1) is 4.96. The minimum Gasteiger partial charge on any atom is -0.344 e. The molecule has 0 heterocycles. The molecule has 76 valence electrons. The van der Waals surface area contributed by atoms with Gasteiger partial charge in [-0.15, -0.1) is 17.0 Å². The summed E-state index contributed by atoms with van der Waals surface area (Å²) in [5.74, 6) is 0. The van der Waals surface area contributed by atoms with Gasteiger partial charge in [0, 0.05) is 11.3 Å². The molecular formula is C8H20BrO2P. The Labute approximate surface area is 86.0 Å². The van der Waals surface area contributed by atoms with Gasteiger partial charge in [0.15, 0.2) is 0 Å². The molecular weight excluding hydrogens is 239 g/mol. The molecule has 0 saturated carbocycles. The molecule has 12 heavy (non-hydrogen) atoms. The second-order valence-electron chi connectivity index (χ2n) is 3.19. The molecule has 0 amide bonds. The SMILES string of the molecule is Br.CCC(C)P(=O)(O)C(C)CC. The van der Waals surface area contributed by atoms with E-state index >= 15 is 0 Å². The van der Waals surface area contributed by atoms with Gasteiger partial charge in [-0.2, -0.15) is 0 Å². The summed E-state index contributed by atoms with van der Waals surface area (Å²) in [4.78, 5) is 9.61. The van der Waals surface area contributed by atoms with E-state index in [2.05, 4.69) is 0 Å². The Balaban J connectivity index is 0. The number of hydrogen-bond acceptors (Lipinski definition) is 1. The topological polar surface area (TPSA) is 37.3 Å². The van der Waals surface area contributed by atoms with Crippen molar-refractivity contribution in [3.05, 3.63) is 0 Å². The molecule has 0 fully saturated rings. The second kappa shape index (κ2) is 6.17. The summed E-state index contributed by atoms with van der Waals surface area (Å²) in [6.45, 7) is 7.62. The summed E-state index contributed by atoms with van der Waals surface area (Å²) >= 11 is 0. The lowest BCUT2D eigenvalue weighted by atomic mass is 10.4. The fourth-order valence-corrected chi connectivity index (χ4v) is 2.87. The van der Waals surface area contributed by atoms with Gasteiger partial charge in [0.1, 0.15) is 0 Å². The van der Waals surface area contributed by atoms with E-state index < -0.39 is 7.37 Å². The van der Waals surface area contributed by atoms with Crippen molar-refractivity contribution in [3.63, 3.8) is 0 Å². The fraction of sp³-hybridized carbons (Fsp3) is 1.00. The molecule has 4 heteroatoms. The fourth-order valence-electron chi connectivity index (χ4n) is 0.958. The largest absolute Gasteiger partial charge is 0.344 e. The lowest BCUT2D eigenvalue weighted by Crippen LogP contribution is -2.11. The van der Waals surface area contributed by atoms with Gasteiger partial charge in [-0.1, -0.05) is 27.7 Å². The van der Waals surface area contributed by atoms with Gasteiger partial charge >= 0.3 is 0 Å². The summed E-state index contributed by atoms with van der Waals surface area (Å²) in [7, 11) is -2.87. The first-order valence-corrected chi connectivity index (χ1v) is 6.08. The van der Waals surface area contributed by atoms with E-state index in [4.69, 9.17) is 0 Å². The highest BCUT2D eigenvalue weighted by atomic mass is 79.9. The quantitative estimate of drug-likeness (QED) is 0.785. The Morgan fingerprint density at radius 2 is 1.42 bits per heavy atom. The van der Waals surface area contributed by atoms with E-state index in [1.807, 2.05) is 27.7 Å². The average molecular weight is 259 g/mol. The molecule has 0 aromatic rings. The molecule has 2 unspecified atom stereocenters. The predicted octanol–water partition coefficient (Wildman–Crippen LogP) is 3.43. The van der Waals surface area contributed by atoms with Gasteiger partial charge in [0.05, 0.1) is 0 Å². The monoisotopic (exact) mass is 258 g/mol. The van der Waals surface area contributed by atoms with Crippen molar-refractivity contribution in [1.29, 1.82) is 0 Å². The van der Waals surface area contributed by atoms with Crippen molar-refractivity contribution in [2.24, 2.45) is 0 Å². The molecule has 0 aliphatic rings. The van der Waals surface area contributed by atoms with E-state index in [0.29, 0.717) is 0 Å². The third kappa shape index (κ3) is 3.59. The van der Waals surface area contributed by atoms with Crippen LogP contribution in [-0.4, -0.2) is 16.2 Å². The van der Waals surface area contributed by atoms with E-state index in [0.717, 1.165) is 12.8 Å². The van der Waals surface area contributed by atoms with E-state index in [1.54, 1.807) is 0 Å². The van der Waals surface area contributed by atoms with Crippen molar-refractivity contribution >= 4 is 24.4 Å². The third-order valence-electron chi connectivity index (χ3n) is 2.44. The van der Waals surface area contributed by atoms with Crippen LogP contribution in [0.3, 0.4) is 0 Å². The van der Waals surface area contributed by atoms with Gasteiger partial charge in [0.25, 0.3) is 0 Å². The molecule has 0 radical (unpaired) electrons. The molecule has 2 atom stereocenters. The Hall–Kier alpha value is 0.670. The molecule has 0 aromatic heterocycles. The summed E-state index contributed by atoms with van der Waals surface area (Å²) in [5, 5.41) is 0. The van der Waals surface area contributed by atoms with Crippen LogP contribution < -0.4 is 0 Å². The van der Waals surface area contributed by atoms with Crippen molar-refractivity contribution in [2.75, 3.05) is 0 Å². The zero-order valence-corrected chi connectivity index (χ0v) is 10.9. The Kier molecular flexibility index (Phi) is 7.80. The predicted molar refractivity (Wildman–Crippen MR) is 59.7 cm³/mol. The Morgan fingerprint density at radius 3 is 1.58 bits per heavy atom. The van der Waals surface area contributed by atoms with Crippen molar-refractivity contribution in [1.82, 2.24) is 0 Å². The summed E-state index contributed by atoms with van der Waals surface area (Å²) in [6, 6.07) is 0. The van der Waals surface area contributed by atoms with Crippen LogP contribution in [0.5, 0.6) is 0 Å². The highest BCUT2D eigenvalue weighted by Gasteiger charge is 2.30. The Bertz CT molecular complexity index is 147. The lowest BCUT2D eigenvalue weighted by Gasteiger charge is -2.23. The number of rotatable bonds is 4. The highest BCUT2D eigenvalue weighted by molar-refractivity contribution is 8.93. The van der Waals surface area contributed by atoms with Gasteiger partial charge in [-0.3, -0.25) is 4.57 Å². The number of hydrogen-bond donors (Lipinski definition) is 1. The second-order valence-corrected chi connectivity index (χ2v) is 6.30. The maximum absolute atomic E-state index is 11.6. The molecule has 0 spiro atoms. The van der Waals surface area contributed by atoms with Crippen LogP contribution in [0.1, 0.15) is 40.5 Å². The van der Waals surface area contributed by atoms with Crippen molar-refractivity contribution in [2.45, 2.75) is 51.9 Å². The summed E-state index contributed by atoms with van der Waals surface area (Å²) in [6.07, 6.45) is 1.58. The first kappa shape index (κ1) is 15.2. The maximum atomic E-state index is 11.6. The zero-order chi connectivity index (χ0) is 9.07. The minimum absolute atomic E-state index is 0. The molecule has 0 rings (SSSR count). The summed E-state index contributed by atoms with van der Waals surface area (Å²) < 4.78 is 11.6. The molecule has 0 aromatic carbocycles. The van der Waals surface area contributed by atoms with Crippen LogP contribution in [0.15, 0.2) is 0 Å². The third-order valence-corrected chi connectivity index (χ3v) is 5.70. The van der Waals surface area contributed by atoms with Crippen LogP contribution in [0, 0.1) is 0 Å². The average Bonchev–Trinajstić information content (AvgIpc) is 2.01. The molecule has 0 saturated heterocycles. The first-order valence-electron chi connectivity index (χ1n) is 4.28. The number of halogens is 1. The lowest BCUT2D eigenvalue weighted by molar-refractivity contribution is 0.449. The van der Waals surface area contributed by atoms with Crippen LogP contribution >= 0.6 is 24.4 Å². The van der Waals surface area contributed by atoms with E-state index in [1.165, 1.54) is 0 Å². The van der Waals surface area contributed by atoms with Crippen LogP contribution in [-0.2, 0) is 4.57 Å². The van der Waals surface area contributed by atoms with Gasteiger partial charge < -0.3 is 4.89 Å². The molecule has 2 nitrogen and oxygen atoms in total. The molecule has 1 N–H and O–H groups in total. The maximum Gasteiger partial charge on any atom is 0.206 e. The molecule has 0 aliphatic heterocycles.